The van der Waals surface area contributed by atoms with E-state index in [-0.39, 0.29) is 5.91 Å². The molecule has 3 fully saturated rings. The molecule has 2 bridgehead atoms. The molecule has 2 atom stereocenters. The summed E-state index contributed by atoms with van der Waals surface area (Å²) in [5.74, 6) is 3.51. The lowest BCUT2D eigenvalue weighted by atomic mass is 9.82. The van der Waals surface area contributed by atoms with E-state index in [1.807, 2.05) is 24.3 Å². The van der Waals surface area contributed by atoms with Gasteiger partial charge in [0.15, 0.2) is 0 Å². The van der Waals surface area contributed by atoms with E-state index in [9.17, 15) is 4.79 Å². The zero-order valence-corrected chi connectivity index (χ0v) is 19.5. The normalized spacial score (nSPS) is 26.1. The van der Waals surface area contributed by atoms with Crippen LogP contribution in [0, 0.1) is 11.8 Å². The lowest BCUT2D eigenvalue weighted by molar-refractivity contribution is 0.0963. The van der Waals surface area contributed by atoms with Crippen LogP contribution < -0.4 is 10.1 Å². The van der Waals surface area contributed by atoms with Crippen LogP contribution in [0.25, 0.3) is 11.1 Å². The van der Waals surface area contributed by atoms with Gasteiger partial charge in [-0.15, -0.1) is 0 Å². The Kier molecular flexibility index (Phi) is 6.23. The highest BCUT2D eigenvalue weighted by Gasteiger charge is 2.37. The van der Waals surface area contributed by atoms with Crippen molar-refractivity contribution < 1.29 is 9.53 Å². The Balaban J connectivity index is 1.30. The van der Waals surface area contributed by atoms with Gasteiger partial charge in [-0.1, -0.05) is 31.0 Å². The van der Waals surface area contributed by atoms with Crippen molar-refractivity contribution in [1.82, 2.24) is 10.2 Å². The Labute approximate surface area is 192 Å². The third kappa shape index (κ3) is 4.30. The number of nitrogens with one attached hydrogen (secondary N) is 1. The zero-order valence-electron chi connectivity index (χ0n) is 19.5. The van der Waals surface area contributed by atoms with Gasteiger partial charge in [-0.25, -0.2) is 0 Å². The summed E-state index contributed by atoms with van der Waals surface area (Å²) in [4.78, 5) is 14.7. The summed E-state index contributed by atoms with van der Waals surface area (Å²) in [6, 6.07) is 15.3. The number of carbonyl (C=O) groups is 1. The van der Waals surface area contributed by atoms with Gasteiger partial charge in [-0.05, 0) is 104 Å². The number of fused-ring (bicyclic) bond motifs is 2. The molecular formula is C28H36N2O2. The van der Waals surface area contributed by atoms with Crippen molar-refractivity contribution in [3.05, 3.63) is 53.6 Å². The van der Waals surface area contributed by atoms with Crippen LogP contribution in [0.3, 0.4) is 0 Å². The quantitative estimate of drug-likeness (QED) is 0.680. The zero-order chi connectivity index (χ0) is 22.1. The molecule has 1 N–H and O–H groups in total. The second-order valence-electron chi connectivity index (χ2n) is 10.1. The van der Waals surface area contributed by atoms with Crippen molar-refractivity contribution in [3.8, 4) is 16.9 Å². The number of hydrogen-bond donors (Lipinski definition) is 1. The summed E-state index contributed by atoms with van der Waals surface area (Å²) in [7, 11) is 3.44. The van der Waals surface area contributed by atoms with Crippen molar-refractivity contribution in [2.24, 2.45) is 11.8 Å². The Morgan fingerprint density at radius 3 is 2.19 bits per heavy atom. The van der Waals surface area contributed by atoms with Gasteiger partial charge < -0.3 is 15.0 Å². The maximum Gasteiger partial charge on any atom is 0.251 e. The van der Waals surface area contributed by atoms with Crippen LogP contribution in [0.15, 0.2) is 42.5 Å². The molecule has 170 valence electrons. The van der Waals surface area contributed by atoms with Gasteiger partial charge in [0.25, 0.3) is 5.91 Å². The lowest BCUT2D eigenvalue weighted by Crippen LogP contribution is -2.43. The SMILES string of the molecule is CNC(=O)c1ccc(-c2ccc(OC)c(C3CCN(C4CC5CCC(C5)C4)CC3)c2)cc1. The Morgan fingerprint density at radius 2 is 1.56 bits per heavy atom. The van der Waals surface area contributed by atoms with Crippen LogP contribution in [0.5, 0.6) is 5.75 Å². The van der Waals surface area contributed by atoms with Gasteiger partial charge in [0, 0.05) is 18.7 Å². The number of methoxy groups -OCH3 is 1. The van der Waals surface area contributed by atoms with Gasteiger partial charge in [0.05, 0.1) is 7.11 Å². The number of ether oxygens (including phenoxy) is 1. The number of likely N-dealkylation sites (tertiary alicyclic amines) is 1. The average molecular weight is 433 g/mol. The molecule has 2 saturated carbocycles. The summed E-state index contributed by atoms with van der Waals surface area (Å²) in [5, 5.41) is 2.68. The minimum Gasteiger partial charge on any atom is -0.496 e. The fourth-order valence-electron chi connectivity index (χ4n) is 6.54. The molecule has 0 aromatic heterocycles. The monoisotopic (exact) mass is 432 g/mol. The van der Waals surface area contributed by atoms with E-state index in [4.69, 9.17) is 4.74 Å². The molecule has 0 spiro atoms. The molecule has 2 aliphatic carbocycles. The highest BCUT2D eigenvalue weighted by molar-refractivity contribution is 5.94. The van der Waals surface area contributed by atoms with E-state index >= 15 is 0 Å². The maximum atomic E-state index is 11.9. The lowest BCUT2D eigenvalue weighted by Gasteiger charge is -2.41. The van der Waals surface area contributed by atoms with E-state index in [0.717, 1.165) is 29.2 Å². The molecular weight excluding hydrogens is 396 g/mol. The molecule has 1 aliphatic heterocycles. The molecule has 1 saturated heterocycles. The fraction of sp³-hybridized carbons (Fsp3) is 0.536. The molecule has 2 aromatic carbocycles. The Bertz CT molecular complexity index is 934. The van der Waals surface area contributed by atoms with Crippen LogP contribution >= 0.6 is 0 Å². The first kappa shape index (κ1) is 21.5. The van der Waals surface area contributed by atoms with E-state index in [0.29, 0.717) is 11.5 Å². The largest absolute Gasteiger partial charge is 0.496 e. The first-order chi connectivity index (χ1) is 15.6. The van der Waals surface area contributed by atoms with Crippen molar-refractivity contribution >= 4 is 5.91 Å². The average Bonchev–Trinajstić information content (AvgIpc) is 3.20. The van der Waals surface area contributed by atoms with Crippen molar-refractivity contribution in [2.75, 3.05) is 27.2 Å². The molecule has 3 aliphatic rings. The molecule has 32 heavy (non-hydrogen) atoms. The Hall–Kier alpha value is -2.33. The van der Waals surface area contributed by atoms with E-state index in [2.05, 4.69) is 28.4 Å². The van der Waals surface area contributed by atoms with Crippen molar-refractivity contribution in [3.63, 3.8) is 0 Å². The van der Waals surface area contributed by atoms with E-state index < -0.39 is 0 Å². The van der Waals surface area contributed by atoms with Crippen LogP contribution in [0.4, 0.5) is 0 Å². The molecule has 4 nitrogen and oxygen atoms in total. The van der Waals surface area contributed by atoms with Crippen LogP contribution in [0.1, 0.15) is 66.8 Å². The number of carbonyl (C=O) groups excluding carboxylic acids is 1. The smallest absolute Gasteiger partial charge is 0.251 e. The van der Waals surface area contributed by atoms with Crippen molar-refractivity contribution in [1.29, 1.82) is 0 Å². The van der Waals surface area contributed by atoms with E-state index in [1.54, 1.807) is 14.2 Å². The summed E-state index contributed by atoms with van der Waals surface area (Å²) >= 11 is 0. The minimum absolute atomic E-state index is 0.0512. The van der Waals surface area contributed by atoms with Crippen LogP contribution in [0.2, 0.25) is 0 Å². The summed E-state index contributed by atoms with van der Waals surface area (Å²) in [6.07, 6.45) is 9.75. The van der Waals surface area contributed by atoms with Gasteiger partial charge in [-0.3, -0.25) is 4.79 Å². The number of piperidine rings is 1. The third-order valence-electron chi connectivity index (χ3n) is 8.28. The minimum atomic E-state index is -0.0512. The van der Waals surface area contributed by atoms with E-state index in [1.165, 1.54) is 69.2 Å². The second-order valence-corrected chi connectivity index (χ2v) is 10.1. The standard InChI is InChI=1S/C28H36N2O2/c1-29-28(31)23-7-5-21(6-8-23)24-9-10-27(32-2)26(18-24)22-11-13-30(14-12-22)25-16-19-3-4-20(15-19)17-25/h5-10,18-20,22,25H,3-4,11-17H2,1-2H3,(H,29,31). The maximum absolute atomic E-state index is 11.9. The predicted octanol–water partition coefficient (Wildman–Crippen LogP) is 5.48. The number of amides is 1. The molecule has 2 unspecified atom stereocenters. The number of benzene rings is 2. The van der Waals surface area contributed by atoms with Crippen molar-refractivity contribution in [2.45, 2.75) is 56.9 Å². The molecule has 2 aromatic rings. The molecule has 4 heteroatoms. The first-order valence-corrected chi connectivity index (χ1v) is 12.4. The Morgan fingerprint density at radius 1 is 0.906 bits per heavy atom. The summed E-state index contributed by atoms with van der Waals surface area (Å²) in [5.41, 5.74) is 4.35. The summed E-state index contributed by atoms with van der Waals surface area (Å²) in [6.45, 7) is 2.42. The molecule has 1 amide bonds. The molecule has 1 heterocycles. The highest BCUT2D eigenvalue weighted by Crippen LogP contribution is 2.45. The van der Waals surface area contributed by atoms with Crippen LogP contribution in [-0.2, 0) is 0 Å². The third-order valence-corrected chi connectivity index (χ3v) is 8.28. The first-order valence-electron chi connectivity index (χ1n) is 12.4. The van der Waals surface area contributed by atoms with Gasteiger partial charge >= 0.3 is 0 Å². The topological polar surface area (TPSA) is 41.6 Å². The number of hydrogen-bond acceptors (Lipinski definition) is 3. The number of nitrogens with zero attached hydrogens (tertiary/aromatic N) is 1. The van der Waals surface area contributed by atoms with Gasteiger partial charge in [0.1, 0.15) is 5.75 Å². The highest BCUT2D eigenvalue weighted by atomic mass is 16.5. The number of rotatable bonds is 5. The predicted molar refractivity (Wildman–Crippen MR) is 129 cm³/mol. The fourth-order valence-corrected chi connectivity index (χ4v) is 6.54. The van der Waals surface area contributed by atoms with Crippen LogP contribution in [-0.4, -0.2) is 44.1 Å². The molecule has 0 radical (unpaired) electrons. The summed E-state index contributed by atoms with van der Waals surface area (Å²) < 4.78 is 5.77. The van der Waals surface area contributed by atoms with Gasteiger partial charge in [0.2, 0.25) is 0 Å². The second kappa shape index (κ2) is 9.27. The van der Waals surface area contributed by atoms with Gasteiger partial charge in [-0.2, -0.15) is 0 Å². The molecule has 5 rings (SSSR count).